The van der Waals surface area contributed by atoms with Crippen LogP contribution in [0.25, 0.3) is 22.4 Å². The highest BCUT2D eigenvalue weighted by Gasteiger charge is 2.17. The van der Waals surface area contributed by atoms with Crippen LogP contribution in [0.3, 0.4) is 0 Å². The number of aromatic nitrogens is 3. The number of hydrogen-bond acceptors (Lipinski definition) is 3. The molecule has 0 saturated carbocycles. The van der Waals surface area contributed by atoms with Gasteiger partial charge in [-0.15, -0.1) is 5.10 Å². The van der Waals surface area contributed by atoms with Crippen LogP contribution in [0.5, 0.6) is 0 Å². The average molecular weight is 330 g/mol. The normalized spacial score (nSPS) is 10.7. The molecule has 0 amide bonds. The van der Waals surface area contributed by atoms with Gasteiger partial charge in [-0.2, -0.15) is 5.10 Å². The van der Waals surface area contributed by atoms with E-state index in [-0.39, 0.29) is 0 Å². The predicted molar refractivity (Wildman–Crippen MR) is 90.2 cm³/mol. The molecule has 0 N–H and O–H groups in total. The zero-order valence-corrected chi connectivity index (χ0v) is 13.7. The van der Waals surface area contributed by atoms with Crippen LogP contribution in [-0.2, 0) is 0 Å². The Morgan fingerprint density at radius 1 is 0.818 bits per heavy atom. The molecule has 0 aliphatic carbocycles. The molecule has 0 aliphatic heterocycles. The molecule has 5 heteroatoms. The standard InChI is InChI=1S/C17H13Cl2N3/c1-10-4-3-5-14(20-10)16-15(11(2)21-22-17(16)19)12-6-8-13(18)9-7-12/h3-9H,1-2H3. The lowest BCUT2D eigenvalue weighted by Crippen LogP contribution is -1.99. The van der Waals surface area contributed by atoms with Crippen LogP contribution in [0.4, 0.5) is 0 Å². The molecule has 3 nitrogen and oxygen atoms in total. The molecule has 0 atom stereocenters. The summed E-state index contributed by atoms with van der Waals surface area (Å²) in [4.78, 5) is 4.57. The van der Waals surface area contributed by atoms with Crippen molar-refractivity contribution >= 4 is 23.2 Å². The van der Waals surface area contributed by atoms with Crippen LogP contribution < -0.4 is 0 Å². The van der Waals surface area contributed by atoms with Crippen molar-refractivity contribution in [3.8, 4) is 22.4 Å². The summed E-state index contributed by atoms with van der Waals surface area (Å²) < 4.78 is 0. The Bertz CT molecular complexity index is 830. The first-order valence-corrected chi connectivity index (χ1v) is 7.54. The Labute approximate surface area is 139 Å². The van der Waals surface area contributed by atoms with Crippen LogP contribution >= 0.6 is 23.2 Å². The van der Waals surface area contributed by atoms with Crippen molar-refractivity contribution in [3.63, 3.8) is 0 Å². The Hall–Kier alpha value is -1.97. The highest BCUT2D eigenvalue weighted by atomic mass is 35.5. The molecule has 0 bridgehead atoms. The number of rotatable bonds is 2. The predicted octanol–water partition coefficient (Wildman–Crippen LogP) is 5.13. The van der Waals surface area contributed by atoms with Gasteiger partial charge in [-0.1, -0.05) is 41.4 Å². The number of nitrogens with zero attached hydrogens (tertiary/aromatic N) is 3. The van der Waals surface area contributed by atoms with Crippen LogP contribution in [0.1, 0.15) is 11.4 Å². The smallest absolute Gasteiger partial charge is 0.161 e. The molecule has 0 saturated heterocycles. The summed E-state index contributed by atoms with van der Waals surface area (Å²) in [5.41, 5.74) is 5.20. The average Bonchev–Trinajstić information content (AvgIpc) is 2.50. The zero-order valence-electron chi connectivity index (χ0n) is 12.1. The molecule has 0 fully saturated rings. The van der Waals surface area contributed by atoms with Crippen LogP contribution in [0.15, 0.2) is 42.5 Å². The van der Waals surface area contributed by atoms with Crippen molar-refractivity contribution < 1.29 is 0 Å². The van der Waals surface area contributed by atoms with Gasteiger partial charge in [0.15, 0.2) is 5.15 Å². The molecule has 2 aromatic heterocycles. The molecule has 22 heavy (non-hydrogen) atoms. The number of hydrogen-bond donors (Lipinski definition) is 0. The van der Waals surface area contributed by atoms with E-state index in [9.17, 15) is 0 Å². The van der Waals surface area contributed by atoms with Crippen molar-refractivity contribution in [3.05, 3.63) is 64.0 Å². The van der Waals surface area contributed by atoms with Crippen molar-refractivity contribution in [2.24, 2.45) is 0 Å². The number of halogens is 2. The summed E-state index contributed by atoms with van der Waals surface area (Å²) in [5, 5.41) is 9.21. The second kappa shape index (κ2) is 6.03. The molecule has 1 aromatic carbocycles. The Kier molecular flexibility index (Phi) is 4.10. The largest absolute Gasteiger partial charge is 0.253 e. The van der Waals surface area contributed by atoms with Crippen LogP contribution in [0, 0.1) is 13.8 Å². The fourth-order valence-corrected chi connectivity index (χ4v) is 2.74. The van der Waals surface area contributed by atoms with Gasteiger partial charge in [-0.25, -0.2) is 0 Å². The zero-order chi connectivity index (χ0) is 15.7. The maximum Gasteiger partial charge on any atom is 0.161 e. The van der Waals surface area contributed by atoms with E-state index in [1.54, 1.807) is 0 Å². The maximum absolute atomic E-state index is 6.33. The molecule has 3 rings (SSSR count). The van der Waals surface area contributed by atoms with E-state index in [1.807, 2.05) is 56.3 Å². The molecular formula is C17H13Cl2N3. The first-order valence-electron chi connectivity index (χ1n) is 6.79. The van der Waals surface area contributed by atoms with E-state index in [0.29, 0.717) is 10.2 Å². The summed E-state index contributed by atoms with van der Waals surface area (Å²) in [6.45, 7) is 3.85. The van der Waals surface area contributed by atoms with Gasteiger partial charge in [-0.05, 0) is 43.7 Å². The number of benzene rings is 1. The lowest BCUT2D eigenvalue weighted by Gasteiger charge is -2.13. The Morgan fingerprint density at radius 3 is 2.23 bits per heavy atom. The van der Waals surface area contributed by atoms with Crippen LogP contribution in [0.2, 0.25) is 10.2 Å². The maximum atomic E-state index is 6.33. The van der Waals surface area contributed by atoms with Gasteiger partial charge in [0.25, 0.3) is 0 Å². The molecule has 0 aliphatic rings. The van der Waals surface area contributed by atoms with E-state index in [1.165, 1.54) is 0 Å². The van der Waals surface area contributed by atoms with E-state index in [0.717, 1.165) is 33.8 Å². The summed E-state index contributed by atoms with van der Waals surface area (Å²) in [6.07, 6.45) is 0. The first kappa shape index (κ1) is 14.9. The lowest BCUT2D eigenvalue weighted by atomic mass is 9.97. The van der Waals surface area contributed by atoms with E-state index in [4.69, 9.17) is 23.2 Å². The SMILES string of the molecule is Cc1cccc(-c2c(Cl)nnc(C)c2-c2ccc(Cl)cc2)n1. The van der Waals surface area contributed by atoms with Gasteiger partial charge in [-0.3, -0.25) is 4.98 Å². The van der Waals surface area contributed by atoms with Gasteiger partial charge in [0, 0.05) is 21.8 Å². The van der Waals surface area contributed by atoms with Gasteiger partial charge < -0.3 is 0 Å². The molecule has 0 unspecified atom stereocenters. The molecule has 2 heterocycles. The molecular weight excluding hydrogens is 317 g/mol. The number of aryl methyl sites for hydroxylation is 2. The van der Waals surface area contributed by atoms with Gasteiger partial charge in [0.05, 0.1) is 11.4 Å². The minimum absolute atomic E-state index is 0.341. The van der Waals surface area contributed by atoms with Gasteiger partial charge in [0.2, 0.25) is 0 Å². The van der Waals surface area contributed by atoms with E-state index >= 15 is 0 Å². The number of pyridine rings is 1. The van der Waals surface area contributed by atoms with Crippen LogP contribution in [-0.4, -0.2) is 15.2 Å². The Balaban J connectivity index is 2.30. The van der Waals surface area contributed by atoms with Crippen molar-refractivity contribution in [1.29, 1.82) is 0 Å². The first-order chi connectivity index (χ1) is 10.6. The highest BCUT2D eigenvalue weighted by Crippen LogP contribution is 2.37. The minimum atomic E-state index is 0.341. The second-order valence-electron chi connectivity index (χ2n) is 5.00. The van der Waals surface area contributed by atoms with Crippen molar-refractivity contribution in [2.45, 2.75) is 13.8 Å². The monoisotopic (exact) mass is 329 g/mol. The van der Waals surface area contributed by atoms with Gasteiger partial charge in [0.1, 0.15) is 0 Å². The molecule has 0 spiro atoms. The fourth-order valence-electron chi connectivity index (χ4n) is 2.39. The third kappa shape index (κ3) is 2.82. The third-order valence-corrected chi connectivity index (χ3v) is 3.90. The van der Waals surface area contributed by atoms with E-state index < -0.39 is 0 Å². The molecule has 0 radical (unpaired) electrons. The van der Waals surface area contributed by atoms with E-state index in [2.05, 4.69) is 15.2 Å². The second-order valence-corrected chi connectivity index (χ2v) is 5.79. The topological polar surface area (TPSA) is 38.7 Å². The fraction of sp³-hybridized carbons (Fsp3) is 0.118. The lowest BCUT2D eigenvalue weighted by molar-refractivity contribution is 0.983. The van der Waals surface area contributed by atoms with Gasteiger partial charge >= 0.3 is 0 Å². The summed E-state index contributed by atoms with van der Waals surface area (Å²) in [5.74, 6) is 0. The van der Waals surface area contributed by atoms with Crippen molar-refractivity contribution in [2.75, 3.05) is 0 Å². The minimum Gasteiger partial charge on any atom is -0.253 e. The summed E-state index contributed by atoms with van der Waals surface area (Å²) in [6, 6.07) is 13.4. The highest BCUT2D eigenvalue weighted by molar-refractivity contribution is 6.32. The summed E-state index contributed by atoms with van der Waals surface area (Å²) >= 11 is 12.3. The third-order valence-electron chi connectivity index (χ3n) is 3.38. The summed E-state index contributed by atoms with van der Waals surface area (Å²) in [7, 11) is 0. The molecule has 110 valence electrons. The molecule has 3 aromatic rings. The Morgan fingerprint density at radius 2 is 1.55 bits per heavy atom. The van der Waals surface area contributed by atoms with Crippen molar-refractivity contribution in [1.82, 2.24) is 15.2 Å². The quantitative estimate of drug-likeness (QED) is 0.654.